The lowest BCUT2D eigenvalue weighted by Gasteiger charge is -2.33. The molecule has 0 fully saturated rings. The van der Waals surface area contributed by atoms with Crippen molar-refractivity contribution in [2.45, 2.75) is 12.5 Å². The van der Waals surface area contributed by atoms with E-state index in [2.05, 4.69) is 68.7 Å². The SMILES string of the molecule is CN1Cc2cc(-c3ccnnc3)ccc2C(c2ccc3[nH]ncc3c2)C1. The Bertz CT molecular complexity index is 1070. The largest absolute Gasteiger partial charge is 0.301 e. The maximum Gasteiger partial charge on any atom is 0.0650 e. The highest BCUT2D eigenvalue weighted by Crippen LogP contribution is 2.36. The minimum atomic E-state index is 0.368. The van der Waals surface area contributed by atoms with E-state index in [-0.39, 0.29) is 0 Å². The van der Waals surface area contributed by atoms with Crippen LogP contribution in [0.1, 0.15) is 22.6 Å². The molecule has 0 aliphatic carbocycles. The molecular weight excluding hydrogens is 322 g/mol. The molecule has 0 saturated carbocycles. The number of nitrogens with zero attached hydrogens (tertiary/aromatic N) is 4. The topological polar surface area (TPSA) is 57.7 Å². The van der Waals surface area contributed by atoms with Crippen LogP contribution in [0.4, 0.5) is 0 Å². The number of hydrogen-bond donors (Lipinski definition) is 1. The van der Waals surface area contributed by atoms with Crippen molar-refractivity contribution >= 4 is 10.9 Å². The van der Waals surface area contributed by atoms with Gasteiger partial charge in [-0.05, 0) is 53.6 Å². The highest BCUT2D eigenvalue weighted by Gasteiger charge is 2.25. The number of likely N-dealkylation sites (N-methyl/N-ethyl adjacent to an activating group) is 1. The summed E-state index contributed by atoms with van der Waals surface area (Å²) in [5, 5.41) is 16.2. The fourth-order valence-corrected chi connectivity index (χ4v) is 3.95. The second-order valence-electron chi connectivity index (χ2n) is 7.01. The molecule has 0 spiro atoms. The predicted octanol–water partition coefficient (Wildman–Crippen LogP) is 3.60. The fraction of sp³-hybridized carbons (Fsp3) is 0.190. The van der Waals surface area contributed by atoms with Crippen molar-refractivity contribution in [2.75, 3.05) is 13.6 Å². The van der Waals surface area contributed by atoms with Gasteiger partial charge in [0.15, 0.2) is 0 Å². The molecule has 5 rings (SSSR count). The highest BCUT2D eigenvalue weighted by molar-refractivity contribution is 5.79. The van der Waals surface area contributed by atoms with Crippen LogP contribution in [-0.2, 0) is 6.54 Å². The molecule has 5 nitrogen and oxygen atoms in total. The number of H-pyrrole nitrogens is 1. The van der Waals surface area contributed by atoms with Crippen LogP contribution in [0.15, 0.2) is 61.1 Å². The summed E-state index contributed by atoms with van der Waals surface area (Å²) in [5.41, 5.74) is 7.51. The molecule has 0 saturated heterocycles. The average molecular weight is 341 g/mol. The summed E-state index contributed by atoms with van der Waals surface area (Å²) in [6, 6.07) is 15.4. The number of aromatic nitrogens is 4. The van der Waals surface area contributed by atoms with Gasteiger partial charge in [-0.25, -0.2) is 0 Å². The van der Waals surface area contributed by atoms with E-state index in [9.17, 15) is 0 Å². The quantitative estimate of drug-likeness (QED) is 0.605. The summed E-state index contributed by atoms with van der Waals surface area (Å²) in [7, 11) is 2.19. The number of nitrogens with one attached hydrogen (secondary N) is 1. The third-order valence-corrected chi connectivity index (χ3v) is 5.24. The molecule has 1 aliphatic rings. The molecule has 0 amide bonds. The van der Waals surface area contributed by atoms with E-state index in [1.165, 1.54) is 22.3 Å². The molecule has 5 heteroatoms. The molecule has 26 heavy (non-hydrogen) atoms. The van der Waals surface area contributed by atoms with E-state index in [1.54, 1.807) is 6.20 Å². The van der Waals surface area contributed by atoms with Crippen molar-refractivity contribution in [3.8, 4) is 11.1 Å². The van der Waals surface area contributed by atoms with Gasteiger partial charge >= 0.3 is 0 Å². The van der Waals surface area contributed by atoms with Crippen LogP contribution in [0.25, 0.3) is 22.0 Å². The van der Waals surface area contributed by atoms with Crippen molar-refractivity contribution < 1.29 is 0 Å². The molecule has 1 unspecified atom stereocenters. The van der Waals surface area contributed by atoms with Crippen molar-refractivity contribution in [2.24, 2.45) is 0 Å². The van der Waals surface area contributed by atoms with Gasteiger partial charge in [-0.1, -0.05) is 18.2 Å². The van der Waals surface area contributed by atoms with Gasteiger partial charge in [-0.3, -0.25) is 5.10 Å². The molecule has 0 bridgehead atoms. The van der Waals surface area contributed by atoms with Crippen LogP contribution < -0.4 is 0 Å². The van der Waals surface area contributed by atoms with Crippen LogP contribution in [0.5, 0.6) is 0 Å². The van der Waals surface area contributed by atoms with E-state index in [1.807, 2.05) is 18.5 Å². The molecule has 128 valence electrons. The molecule has 1 atom stereocenters. The minimum Gasteiger partial charge on any atom is -0.301 e. The Morgan fingerprint density at radius 1 is 1.00 bits per heavy atom. The summed E-state index contributed by atoms with van der Waals surface area (Å²) in [6.45, 7) is 1.98. The molecule has 1 aliphatic heterocycles. The first-order valence-corrected chi connectivity index (χ1v) is 8.79. The molecule has 1 N–H and O–H groups in total. The van der Waals surface area contributed by atoms with E-state index in [0.717, 1.165) is 29.6 Å². The molecule has 4 aromatic rings. The first-order valence-electron chi connectivity index (χ1n) is 8.79. The summed E-state index contributed by atoms with van der Waals surface area (Å²) in [4.78, 5) is 2.39. The maximum absolute atomic E-state index is 4.15. The van der Waals surface area contributed by atoms with Crippen LogP contribution in [0.3, 0.4) is 0 Å². The van der Waals surface area contributed by atoms with Gasteiger partial charge in [0.1, 0.15) is 0 Å². The Labute approximate surface area is 151 Å². The van der Waals surface area contributed by atoms with Crippen molar-refractivity contribution in [1.29, 1.82) is 0 Å². The van der Waals surface area contributed by atoms with Gasteiger partial charge in [-0.15, -0.1) is 0 Å². The maximum atomic E-state index is 4.15. The number of fused-ring (bicyclic) bond motifs is 2. The van der Waals surface area contributed by atoms with E-state index in [4.69, 9.17) is 0 Å². The smallest absolute Gasteiger partial charge is 0.0650 e. The lowest BCUT2D eigenvalue weighted by molar-refractivity contribution is 0.295. The molecular formula is C21H19N5. The van der Waals surface area contributed by atoms with E-state index >= 15 is 0 Å². The van der Waals surface area contributed by atoms with Crippen molar-refractivity contribution in [3.63, 3.8) is 0 Å². The zero-order valence-electron chi connectivity index (χ0n) is 14.6. The van der Waals surface area contributed by atoms with Gasteiger partial charge < -0.3 is 4.90 Å². The monoisotopic (exact) mass is 341 g/mol. The molecule has 0 radical (unpaired) electrons. The van der Waals surface area contributed by atoms with Gasteiger partial charge in [0.25, 0.3) is 0 Å². The van der Waals surface area contributed by atoms with Gasteiger partial charge in [0.2, 0.25) is 0 Å². The highest BCUT2D eigenvalue weighted by atomic mass is 15.1. The number of aromatic amines is 1. The Kier molecular flexibility index (Phi) is 3.53. The lowest BCUT2D eigenvalue weighted by Crippen LogP contribution is -2.31. The first kappa shape index (κ1) is 15.2. The average Bonchev–Trinajstić information content (AvgIpc) is 3.15. The molecule has 3 heterocycles. The van der Waals surface area contributed by atoms with Gasteiger partial charge in [0, 0.05) is 30.0 Å². The van der Waals surface area contributed by atoms with Crippen molar-refractivity contribution in [1.82, 2.24) is 25.3 Å². The molecule has 2 aromatic heterocycles. The van der Waals surface area contributed by atoms with Gasteiger partial charge in [-0.2, -0.15) is 15.3 Å². The Morgan fingerprint density at radius 2 is 1.96 bits per heavy atom. The number of benzene rings is 2. The van der Waals surface area contributed by atoms with Crippen LogP contribution in [0.2, 0.25) is 0 Å². The van der Waals surface area contributed by atoms with E-state index in [0.29, 0.717) is 5.92 Å². The number of rotatable bonds is 2. The van der Waals surface area contributed by atoms with Crippen molar-refractivity contribution in [3.05, 3.63) is 77.7 Å². The minimum absolute atomic E-state index is 0.368. The number of hydrogen-bond acceptors (Lipinski definition) is 4. The summed E-state index contributed by atoms with van der Waals surface area (Å²) in [5.74, 6) is 0.368. The second kappa shape index (κ2) is 6.04. The molecule has 2 aromatic carbocycles. The normalized spacial score (nSPS) is 17.3. The zero-order chi connectivity index (χ0) is 17.5. The zero-order valence-corrected chi connectivity index (χ0v) is 14.6. The summed E-state index contributed by atoms with van der Waals surface area (Å²) in [6.07, 6.45) is 5.45. The third kappa shape index (κ3) is 2.57. The standard InChI is InChI=1S/C21H19N5/c1-26-12-18-8-14(16-6-7-22-23-10-16)2-4-19(18)20(13-26)15-3-5-21-17(9-15)11-24-25-21/h2-11,20H,12-13H2,1H3,(H,24,25). The Morgan fingerprint density at radius 3 is 2.85 bits per heavy atom. The Hall–Kier alpha value is -3.05. The summed E-state index contributed by atoms with van der Waals surface area (Å²) >= 11 is 0. The second-order valence-corrected chi connectivity index (χ2v) is 7.01. The third-order valence-electron chi connectivity index (χ3n) is 5.24. The summed E-state index contributed by atoms with van der Waals surface area (Å²) < 4.78 is 0. The Balaban J connectivity index is 1.59. The van der Waals surface area contributed by atoms with Gasteiger partial charge in [0.05, 0.1) is 24.1 Å². The first-order chi connectivity index (χ1) is 12.8. The van der Waals surface area contributed by atoms with Crippen LogP contribution in [-0.4, -0.2) is 38.9 Å². The lowest BCUT2D eigenvalue weighted by atomic mass is 9.83. The van der Waals surface area contributed by atoms with Crippen LogP contribution >= 0.6 is 0 Å². The van der Waals surface area contributed by atoms with E-state index < -0.39 is 0 Å². The van der Waals surface area contributed by atoms with Crippen LogP contribution in [0, 0.1) is 0 Å². The fourth-order valence-electron chi connectivity index (χ4n) is 3.95. The predicted molar refractivity (Wildman–Crippen MR) is 102 cm³/mol.